The van der Waals surface area contributed by atoms with Crippen molar-refractivity contribution in [1.82, 2.24) is 10.6 Å². The van der Waals surface area contributed by atoms with Gasteiger partial charge in [-0.1, -0.05) is 17.7 Å². The summed E-state index contributed by atoms with van der Waals surface area (Å²) in [4.78, 5) is 24.5. The molecule has 88 valence electrons. The Bertz CT molecular complexity index is 529. The molecular weight excluding hydrogens is 236 g/mol. The van der Waals surface area contributed by atoms with E-state index in [0.717, 1.165) is 21.8 Å². The summed E-state index contributed by atoms with van der Waals surface area (Å²) < 4.78 is 0. The van der Waals surface area contributed by atoms with E-state index in [0.29, 0.717) is 6.42 Å². The molecule has 1 fully saturated rings. The molecule has 4 nitrogen and oxygen atoms in total. The minimum absolute atomic E-state index is 0.227. The number of fused-ring (bicyclic) bond motifs is 2. The average Bonchev–Trinajstić information content (AvgIpc) is 2.56. The molecule has 2 aliphatic heterocycles. The van der Waals surface area contributed by atoms with E-state index >= 15 is 0 Å². The van der Waals surface area contributed by atoms with Gasteiger partial charge in [0.05, 0.1) is 0 Å². The maximum absolute atomic E-state index is 12.0. The summed E-state index contributed by atoms with van der Waals surface area (Å²) in [6.45, 7) is 1.99. The number of thioether (sulfide) groups is 1. The summed E-state index contributed by atoms with van der Waals surface area (Å²) in [6.07, 6.45) is 0.645. The van der Waals surface area contributed by atoms with Crippen molar-refractivity contribution in [2.75, 3.05) is 5.75 Å². The highest BCUT2D eigenvalue weighted by atomic mass is 32.2. The molecule has 0 saturated carbocycles. The van der Waals surface area contributed by atoms with E-state index in [-0.39, 0.29) is 5.91 Å². The van der Waals surface area contributed by atoms with E-state index in [9.17, 15) is 9.59 Å². The van der Waals surface area contributed by atoms with Crippen molar-refractivity contribution in [2.24, 2.45) is 0 Å². The number of hydrogen-bond acceptors (Lipinski definition) is 3. The number of rotatable bonds is 0. The van der Waals surface area contributed by atoms with Crippen molar-refractivity contribution in [2.45, 2.75) is 23.8 Å². The lowest BCUT2D eigenvalue weighted by Gasteiger charge is -2.32. The zero-order valence-corrected chi connectivity index (χ0v) is 10.2. The Morgan fingerprint density at radius 3 is 2.88 bits per heavy atom. The molecule has 1 unspecified atom stereocenters. The molecule has 2 aliphatic rings. The van der Waals surface area contributed by atoms with Gasteiger partial charge in [0, 0.05) is 16.2 Å². The van der Waals surface area contributed by atoms with Crippen LogP contribution in [0.15, 0.2) is 23.1 Å². The number of hydrogen-bond donors (Lipinski definition) is 2. The van der Waals surface area contributed by atoms with Gasteiger partial charge in [-0.2, -0.15) is 0 Å². The van der Waals surface area contributed by atoms with Crippen LogP contribution < -0.4 is 10.6 Å². The van der Waals surface area contributed by atoms with E-state index in [2.05, 4.69) is 10.6 Å². The van der Waals surface area contributed by atoms with E-state index in [4.69, 9.17) is 0 Å². The van der Waals surface area contributed by atoms with Gasteiger partial charge in [0.15, 0.2) is 0 Å². The highest BCUT2D eigenvalue weighted by Crippen LogP contribution is 2.42. The van der Waals surface area contributed by atoms with Gasteiger partial charge in [0.1, 0.15) is 5.54 Å². The molecule has 2 heterocycles. The molecule has 5 heteroatoms. The fourth-order valence-corrected chi connectivity index (χ4v) is 3.59. The van der Waals surface area contributed by atoms with Crippen LogP contribution in [-0.2, 0) is 10.3 Å². The minimum atomic E-state index is -0.844. The number of nitrogens with one attached hydrogen (secondary N) is 2. The summed E-state index contributed by atoms with van der Waals surface area (Å²) in [5.74, 6) is 0.610. The van der Waals surface area contributed by atoms with Crippen LogP contribution in [0.4, 0.5) is 4.79 Å². The van der Waals surface area contributed by atoms with Gasteiger partial charge in [-0.05, 0) is 19.4 Å². The van der Waals surface area contributed by atoms with Gasteiger partial charge in [-0.15, -0.1) is 11.8 Å². The van der Waals surface area contributed by atoms with E-state index in [1.165, 1.54) is 0 Å². The Kier molecular flexibility index (Phi) is 2.19. The fourth-order valence-electron chi connectivity index (χ4n) is 2.41. The zero-order chi connectivity index (χ0) is 12.0. The summed E-state index contributed by atoms with van der Waals surface area (Å²) in [5, 5.41) is 5.13. The first kappa shape index (κ1) is 10.7. The number of benzene rings is 1. The predicted molar refractivity (Wildman–Crippen MR) is 64.9 cm³/mol. The monoisotopic (exact) mass is 248 g/mol. The number of aryl methyl sites for hydroxylation is 1. The second-order valence-corrected chi connectivity index (χ2v) is 5.55. The summed E-state index contributed by atoms with van der Waals surface area (Å²) >= 11 is 1.73. The third kappa shape index (κ3) is 1.45. The number of amides is 3. The van der Waals surface area contributed by atoms with Gasteiger partial charge in [0.25, 0.3) is 5.91 Å². The van der Waals surface area contributed by atoms with Crippen molar-refractivity contribution < 1.29 is 9.59 Å². The van der Waals surface area contributed by atoms with Crippen LogP contribution in [0.2, 0.25) is 0 Å². The van der Waals surface area contributed by atoms with Crippen molar-refractivity contribution >= 4 is 23.7 Å². The molecule has 1 spiro atoms. The van der Waals surface area contributed by atoms with E-state index < -0.39 is 11.6 Å². The molecule has 3 amide bonds. The van der Waals surface area contributed by atoms with Crippen molar-refractivity contribution in [3.63, 3.8) is 0 Å². The third-order valence-corrected chi connectivity index (χ3v) is 4.35. The Labute approximate surface area is 103 Å². The molecule has 17 heavy (non-hydrogen) atoms. The van der Waals surface area contributed by atoms with Crippen LogP contribution in [0.3, 0.4) is 0 Å². The Hall–Kier alpha value is -1.49. The number of carbonyl (C=O) groups is 2. The molecule has 0 bridgehead atoms. The topological polar surface area (TPSA) is 58.2 Å². The highest BCUT2D eigenvalue weighted by molar-refractivity contribution is 7.99. The number of urea groups is 1. The normalized spacial score (nSPS) is 26.6. The molecule has 1 aromatic carbocycles. The van der Waals surface area contributed by atoms with Crippen LogP contribution >= 0.6 is 11.8 Å². The quantitative estimate of drug-likeness (QED) is 0.684. The smallest absolute Gasteiger partial charge is 0.319 e. The SMILES string of the molecule is Cc1ccc2c(c1)C1(CCS2)NC(=O)NC1=O. The first-order valence-corrected chi connectivity index (χ1v) is 6.48. The Morgan fingerprint density at radius 1 is 1.35 bits per heavy atom. The average molecular weight is 248 g/mol. The van der Waals surface area contributed by atoms with Crippen LogP contribution in [0, 0.1) is 6.92 Å². The molecule has 1 atom stereocenters. The lowest BCUT2D eigenvalue weighted by molar-refractivity contribution is -0.124. The molecule has 1 saturated heterocycles. The van der Waals surface area contributed by atoms with Crippen molar-refractivity contribution in [1.29, 1.82) is 0 Å². The molecule has 2 N–H and O–H groups in total. The molecule has 0 aliphatic carbocycles. The lowest BCUT2D eigenvalue weighted by Crippen LogP contribution is -2.46. The van der Waals surface area contributed by atoms with Crippen LogP contribution in [-0.4, -0.2) is 17.7 Å². The lowest BCUT2D eigenvalue weighted by atomic mass is 9.86. The molecule has 3 rings (SSSR count). The third-order valence-electron chi connectivity index (χ3n) is 3.27. The van der Waals surface area contributed by atoms with Crippen LogP contribution in [0.5, 0.6) is 0 Å². The standard InChI is InChI=1S/C12H12N2O2S/c1-7-2-3-9-8(6-7)12(4-5-17-9)10(15)13-11(16)14-12/h2-3,6H,4-5H2,1H3,(H2,13,14,15,16). The van der Waals surface area contributed by atoms with Crippen molar-refractivity contribution in [3.05, 3.63) is 29.3 Å². The van der Waals surface area contributed by atoms with Gasteiger partial charge in [-0.3, -0.25) is 10.1 Å². The van der Waals surface area contributed by atoms with Crippen LogP contribution in [0.25, 0.3) is 0 Å². The Balaban J connectivity index is 2.19. The minimum Gasteiger partial charge on any atom is -0.319 e. The fraction of sp³-hybridized carbons (Fsp3) is 0.333. The maximum Gasteiger partial charge on any atom is 0.322 e. The molecule has 0 radical (unpaired) electrons. The number of imide groups is 1. The molecule has 0 aromatic heterocycles. The second-order valence-electron chi connectivity index (χ2n) is 4.41. The summed E-state index contributed by atoms with van der Waals surface area (Å²) in [7, 11) is 0. The Morgan fingerprint density at radius 2 is 2.18 bits per heavy atom. The zero-order valence-electron chi connectivity index (χ0n) is 9.37. The largest absolute Gasteiger partial charge is 0.322 e. The van der Waals surface area contributed by atoms with Gasteiger partial charge in [-0.25, -0.2) is 4.79 Å². The van der Waals surface area contributed by atoms with Crippen LogP contribution in [0.1, 0.15) is 17.5 Å². The first-order valence-electron chi connectivity index (χ1n) is 5.49. The highest BCUT2D eigenvalue weighted by Gasteiger charge is 2.49. The van der Waals surface area contributed by atoms with Gasteiger partial charge in [0.2, 0.25) is 0 Å². The first-order chi connectivity index (χ1) is 8.12. The summed E-state index contributed by atoms with van der Waals surface area (Å²) in [6, 6.07) is 5.65. The van der Waals surface area contributed by atoms with E-state index in [1.54, 1.807) is 11.8 Å². The number of carbonyl (C=O) groups excluding carboxylic acids is 2. The van der Waals surface area contributed by atoms with Gasteiger partial charge < -0.3 is 5.32 Å². The molecule has 1 aromatic rings. The second kappa shape index (κ2) is 3.50. The van der Waals surface area contributed by atoms with Crippen molar-refractivity contribution in [3.8, 4) is 0 Å². The van der Waals surface area contributed by atoms with Gasteiger partial charge >= 0.3 is 6.03 Å². The summed E-state index contributed by atoms with van der Waals surface area (Å²) in [5.41, 5.74) is 1.18. The predicted octanol–water partition coefficient (Wildman–Crippen LogP) is 1.53. The van der Waals surface area contributed by atoms with E-state index in [1.807, 2.05) is 25.1 Å². The maximum atomic E-state index is 12.0. The molecular formula is C12H12N2O2S.